The second-order valence-corrected chi connectivity index (χ2v) is 4.51. The molecule has 0 aliphatic rings. The Hall–Kier alpha value is -2.08. The van der Waals surface area contributed by atoms with E-state index in [9.17, 15) is 4.79 Å². The third-order valence-electron chi connectivity index (χ3n) is 2.79. The predicted octanol–water partition coefficient (Wildman–Crippen LogP) is 1.01. The van der Waals surface area contributed by atoms with Crippen molar-refractivity contribution >= 4 is 11.9 Å². The number of rotatable bonds is 9. The van der Waals surface area contributed by atoms with Crippen molar-refractivity contribution in [2.75, 3.05) is 39.4 Å². The lowest BCUT2D eigenvalue weighted by Crippen LogP contribution is -2.41. The summed E-state index contributed by atoms with van der Waals surface area (Å²) in [7, 11) is 0. The van der Waals surface area contributed by atoms with Gasteiger partial charge in [-0.1, -0.05) is 18.2 Å². The lowest BCUT2D eigenvalue weighted by molar-refractivity contribution is 0.0954. The van der Waals surface area contributed by atoms with E-state index < -0.39 is 0 Å². The first-order valence-corrected chi connectivity index (χ1v) is 7.71. The van der Waals surface area contributed by atoms with E-state index in [2.05, 4.69) is 20.9 Å². The Kier molecular flexibility index (Phi) is 9.45. The first-order valence-electron chi connectivity index (χ1n) is 7.71. The number of nitrogens with one attached hydrogen (secondary N) is 3. The Morgan fingerprint density at radius 2 is 1.82 bits per heavy atom. The average Bonchev–Trinajstić information content (AvgIpc) is 2.56. The Morgan fingerprint density at radius 3 is 2.50 bits per heavy atom. The van der Waals surface area contributed by atoms with Gasteiger partial charge in [-0.3, -0.25) is 9.79 Å². The molecule has 1 rings (SSSR count). The largest absolute Gasteiger partial charge is 0.380 e. The summed E-state index contributed by atoms with van der Waals surface area (Å²) in [5.74, 6) is 0.664. The molecule has 0 heterocycles. The van der Waals surface area contributed by atoms with Crippen molar-refractivity contribution in [2.45, 2.75) is 13.8 Å². The van der Waals surface area contributed by atoms with Crippen molar-refractivity contribution in [3.05, 3.63) is 35.9 Å². The monoisotopic (exact) mass is 306 g/mol. The van der Waals surface area contributed by atoms with Gasteiger partial charge in [-0.05, 0) is 26.0 Å². The topological polar surface area (TPSA) is 74.8 Å². The molecule has 0 atom stereocenters. The first kappa shape index (κ1) is 18.0. The van der Waals surface area contributed by atoms with Gasteiger partial charge in [0.25, 0.3) is 5.91 Å². The summed E-state index contributed by atoms with van der Waals surface area (Å²) in [6, 6.07) is 9.17. The van der Waals surface area contributed by atoms with Gasteiger partial charge in [0.1, 0.15) is 0 Å². The molecule has 1 aromatic carbocycles. The molecule has 0 saturated carbocycles. The smallest absolute Gasteiger partial charge is 0.251 e. The maximum atomic E-state index is 11.9. The van der Waals surface area contributed by atoms with Crippen LogP contribution in [-0.2, 0) is 4.74 Å². The molecule has 0 aromatic heterocycles. The fraction of sp³-hybridized carbons (Fsp3) is 0.500. The number of carbonyl (C=O) groups is 1. The van der Waals surface area contributed by atoms with Crippen LogP contribution in [0.25, 0.3) is 0 Å². The van der Waals surface area contributed by atoms with E-state index in [4.69, 9.17) is 4.74 Å². The Labute approximate surface area is 132 Å². The highest BCUT2D eigenvalue weighted by Gasteiger charge is 2.03. The molecule has 0 aliphatic heterocycles. The number of ether oxygens (including phenoxy) is 1. The Balaban J connectivity index is 2.26. The number of benzene rings is 1. The van der Waals surface area contributed by atoms with Crippen molar-refractivity contribution in [1.29, 1.82) is 0 Å². The molecule has 0 radical (unpaired) electrons. The van der Waals surface area contributed by atoms with Gasteiger partial charge in [-0.25, -0.2) is 0 Å². The molecular formula is C16H26N4O2. The van der Waals surface area contributed by atoms with Gasteiger partial charge in [0.05, 0.1) is 13.2 Å². The third-order valence-corrected chi connectivity index (χ3v) is 2.79. The highest BCUT2D eigenvalue weighted by Crippen LogP contribution is 1.96. The van der Waals surface area contributed by atoms with E-state index >= 15 is 0 Å². The molecule has 0 saturated heterocycles. The summed E-state index contributed by atoms with van der Waals surface area (Å²) in [5, 5.41) is 9.19. The van der Waals surface area contributed by atoms with Gasteiger partial charge < -0.3 is 20.7 Å². The molecule has 0 bridgehead atoms. The van der Waals surface area contributed by atoms with E-state index in [0.29, 0.717) is 38.4 Å². The van der Waals surface area contributed by atoms with Crippen LogP contribution in [-0.4, -0.2) is 51.3 Å². The lowest BCUT2D eigenvalue weighted by Gasteiger charge is -2.12. The standard InChI is InChI=1S/C16H26N4O2/c1-3-17-16(20-12-13-22-4-2)19-11-10-18-15(21)14-8-6-5-7-9-14/h5-9H,3-4,10-13H2,1-2H3,(H,18,21)(H2,17,19,20). The van der Waals surface area contributed by atoms with Gasteiger partial charge in [-0.15, -0.1) is 0 Å². The zero-order chi connectivity index (χ0) is 16.0. The molecule has 1 amide bonds. The minimum absolute atomic E-state index is 0.0688. The number of hydrogen-bond donors (Lipinski definition) is 3. The van der Waals surface area contributed by atoms with Crippen molar-refractivity contribution in [2.24, 2.45) is 4.99 Å². The maximum absolute atomic E-state index is 11.9. The van der Waals surface area contributed by atoms with Crippen molar-refractivity contribution < 1.29 is 9.53 Å². The molecule has 6 nitrogen and oxygen atoms in total. The Bertz CT molecular complexity index is 449. The predicted molar refractivity (Wildman–Crippen MR) is 89.2 cm³/mol. The first-order chi connectivity index (χ1) is 10.8. The van der Waals surface area contributed by atoms with Crippen LogP contribution in [0.4, 0.5) is 0 Å². The van der Waals surface area contributed by atoms with Crippen LogP contribution < -0.4 is 16.0 Å². The number of hydrogen-bond acceptors (Lipinski definition) is 3. The number of guanidine groups is 1. The van der Waals surface area contributed by atoms with Gasteiger partial charge in [0.15, 0.2) is 5.96 Å². The van der Waals surface area contributed by atoms with Crippen molar-refractivity contribution in [3.63, 3.8) is 0 Å². The number of amides is 1. The van der Waals surface area contributed by atoms with Gasteiger partial charge >= 0.3 is 0 Å². The lowest BCUT2D eigenvalue weighted by atomic mass is 10.2. The Morgan fingerprint density at radius 1 is 1.09 bits per heavy atom. The maximum Gasteiger partial charge on any atom is 0.251 e. The van der Waals surface area contributed by atoms with E-state index in [1.165, 1.54) is 0 Å². The number of aliphatic imine (C=N–C) groups is 1. The molecule has 22 heavy (non-hydrogen) atoms. The summed E-state index contributed by atoms with van der Waals surface area (Å²) in [5.41, 5.74) is 0.666. The van der Waals surface area contributed by atoms with Gasteiger partial charge in [0, 0.05) is 31.8 Å². The minimum atomic E-state index is -0.0688. The fourth-order valence-corrected chi connectivity index (χ4v) is 1.76. The van der Waals surface area contributed by atoms with Crippen LogP contribution in [0.5, 0.6) is 0 Å². The molecule has 0 aliphatic carbocycles. The molecule has 3 N–H and O–H groups in total. The summed E-state index contributed by atoms with van der Waals surface area (Å²) in [6.45, 7) is 7.82. The molecule has 0 unspecified atom stereocenters. The van der Waals surface area contributed by atoms with Crippen LogP contribution in [0, 0.1) is 0 Å². The van der Waals surface area contributed by atoms with Crippen LogP contribution >= 0.6 is 0 Å². The molecule has 122 valence electrons. The van der Waals surface area contributed by atoms with Crippen LogP contribution in [0.1, 0.15) is 24.2 Å². The normalized spacial score (nSPS) is 11.1. The van der Waals surface area contributed by atoms with Gasteiger partial charge in [0.2, 0.25) is 0 Å². The van der Waals surface area contributed by atoms with E-state index in [-0.39, 0.29) is 5.91 Å². The number of carbonyl (C=O) groups excluding carboxylic acids is 1. The van der Waals surface area contributed by atoms with E-state index in [1.54, 1.807) is 12.1 Å². The number of nitrogens with zero attached hydrogens (tertiary/aromatic N) is 1. The molecule has 1 aromatic rings. The molecule has 0 spiro atoms. The highest BCUT2D eigenvalue weighted by molar-refractivity contribution is 5.94. The van der Waals surface area contributed by atoms with Crippen molar-refractivity contribution in [1.82, 2.24) is 16.0 Å². The van der Waals surface area contributed by atoms with E-state index in [1.807, 2.05) is 32.0 Å². The van der Waals surface area contributed by atoms with Crippen LogP contribution in [0.2, 0.25) is 0 Å². The second kappa shape index (κ2) is 11.6. The summed E-state index contributed by atoms with van der Waals surface area (Å²) >= 11 is 0. The van der Waals surface area contributed by atoms with Crippen LogP contribution in [0.3, 0.4) is 0 Å². The molecule has 0 fully saturated rings. The minimum Gasteiger partial charge on any atom is -0.380 e. The van der Waals surface area contributed by atoms with Crippen LogP contribution in [0.15, 0.2) is 35.3 Å². The third kappa shape index (κ3) is 7.64. The summed E-state index contributed by atoms with van der Waals surface area (Å²) in [4.78, 5) is 16.2. The summed E-state index contributed by atoms with van der Waals surface area (Å²) in [6.07, 6.45) is 0. The molecular weight excluding hydrogens is 280 g/mol. The fourth-order valence-electron chi connectivity index (χ4n) is 1.76. The zero-order valence-corrected chi connectivity index (χ0v) is 13.4. The highest BCUT2D eigenvalue weighted by atomic mass is 16.5. The zero-order valence-electron chi connectivity index (χ0n) is 13.4. The SMILES string of the molecule is CCNC(=NCCOCC)NCCNC(=O)c1ccccc1. The molecule has 6 heteroatoms. The average molecular weight is 306 g/mol. The quantitative estimate of drug-likeness (QED) is 0.362. The second-order valence-electron chi connectivity index (χ2n) is 4.51. The van der Waals surface area contributed by atoms with E-state index in [0.717, 1.165) is 12.5 Å². The van der Waals surface area contributed by atoms with Crippen molar-refractivity contribution in [3.8, 4) is 0 Å². The summed E-state index contributed by atoms with van der Waals surface area (Å²) < 4.78 is 5.25. The van der Waals surface area contributed by atoms with Gasteiger partial charge in [-0.2, -0.15) is 0 Å².